The fourth-order valence-electron chi connectivity index (χ4n) is 2.53. The van der Waals surface area contributed by atoms with E-state index in [1.165, 1.54) is 0 Å². The van der Waals surface area contributed by atoms with E-state index >= 15 is 0 Å². The van der Waals surface area contributed by atoms with Crippen molar-refractivity contribution < 1.29 is 13.2 Å². The highest BCUT2D eigenvalue weighted by Crippen LogP contribution is 2.24. The van der Waals surface area contributed by atoms with Gasteiger partial charge in [0.1, 0.15) is 5.82 Å². The first-order valence-corrected chi connectivity index (χ1v) is 7.12. The Labute approximate surface area is 122 Å². The second-order valence-corrected chi connectivity index (χ2v) is 5.18. The Morgan fingerprint density at radius 2 is 2.00 bits per heavy atom. The monoisotopic (exact) mass is 299 g/mol. The second-order valence-electron chi connectivity index (χ2n) is 5.18. The molecule has 1 unspecified atom stereocenters. The van der Waals surface area contributed by atoms with Crippen molar-refractivity contribution in [1.29, 1.82) is 0 Å². The van der Waals surface area contributed by atoms with Crippen LogP contribution in [-0.4, -0.2) is 28.8 Å². The molecular weight excluding hydrogens is 279 g/mol. The van der Waals surface area contributed by atoms with Gasteiger partial charge in [-0.15, -0.1) is 0 Å². The third kappa shape index (κ3) is 3.97. The number of alkyl halides is 3. The largest absolute Gasteiger partial charge is 0.390 e. The molecule has 116 valence electrons. The molecule has 1 heterocycles. The number of rotatable bonds is 6. The highest BCUT2D eigenvalue weighted by Gasteiger charge is 2.32. The van der Waals surface area contributed by atoms with Crippen LogP contribution in [0.15, 0.2) is 24.3 Å². The highest BCUT2D eigenvalue weighted by atomic mass is 19.4. The minimum atomic E-state index is -4.17. The Bertz CT molecular complexity index is 589. The van der Waals surface area contributed by atoms with Crippen molar-refractivity contribution in [2.45, 2.75) is 44.9 Å². The molecule has 0 saturated carbocycles. The first kappa shape index (κ1) is 15.8. The molecule has 0 fully saturated rings. The van der Waals surface area contributed by atoms with Crippen LogP contribution < -0.4 is 5.32 Å². The molecule has 2 rings (SSSR count). The number of aromatic nitrogens is 2. The molecule has 0 spiro atoms. The fourth-order valence-corrected chi connectivity index (χ4v) is 2.53. The predicted molar refractivity (Wildman–Crippen MR) is 77.2 cm³/mol. The molecule has 0 bridgehead atoms. The van der Waals surface area contributed by atoms with E-state index in [-0.39, 0.29) is 6.42 Å². The summed E-state index contributed by atoms with van der Waals surface area (Å²) in [6, 6.07) is 7.01. The van der Waals surface area contributed by atoms with Gasteiger partial charge in [0.25, 0.3) is 0 Å². The number of nitrogens with zero attached hydrogens (tertiary/aromatic N) is 2. The van der Waals surface area contributed by atoms with Gasteiger partial charge in [-0.25, -0.2) is 4.98 Å². The molecule has 0 saturated heterocycles. The van der Waals surface area contributed by atoms with Crippen LogP contribution in [0.2, 0.25) is 0 Å². The SMILES string of the molecule is CCCn1c(CC(CC(F)(F)F)NC)nc2ccccc21. The van der Waals surface area contributed by atoms with E-state index in [2.05, 4.69) is 10.3 Å². The average molecular weight is 299 g/mol. The van der Waals surface area contributed by atoms with Crippen molar-refractivity contribution in [3.05, 3.63) is 30.1 Å². The Balaban J connectivity index is 2.29. The number of nitrogens with one attached hydrogen (secondary N) is 1. The number of benzene rings is 1. The third-order valence-electron chi connectivity index (χ3n) is 3.50. The van der Waals surface area contributed by atoms with E-state index in [0.29, 0.717) is 5.82 Å². The lowest BCUT2D eigenvalue weighted by Crippen LogP contribution is -2.33. The predicted octanol–water partition coefficient (Wildman–Crippen LogP) is 3.53. The molecule has 1 atom stereocenters. The number of imidazole rings is 1. The zero-order chi connectivity index (χ0) is 15.5. The Kier molecular flexibility index (Phi) is 4.88. The number of aryl methyl sites for hydroxylation is 1. The molecule has 0 aliphatic carbocycles. The standard InChI is InChI=1S/C15H20F3N3/c1-3-8-21-13-7-5-4-6-12(13)20-14(21)9-11(19-2)10-15(16,17)18/h4-7,11,19H,3,8-10H2,1-2H3. The van der Waals surface area contributed by atoms with Crippen LogP contribution in [-0.2, 0) is 13.0 Å². The van der Waals surface area contributed by atoms with Gasteiger partial charge in [0.2, 0.25) is 0 Å². The van der Waals surface area contributed by atoms with Crippen LogP contribution in [0, 0.1) is 0 Å². The Morgan fingerprint density at radius 1 is 1.29 bits per heavy atom. The summed E-state index contributed by atoms with van der Waals surface area (Å²) in [5, 5.41) is 2.75. The van der Waals surface area contributed by atoms with E-state index in [4.69, 9.17) is 0 Å². The van der Waals surface area contributed by atoms with Gasteiger partial charge in [0, 0.05) is 19.0 Å². The van der Waals surface area contributed by atoms with Gasteiger partial charge in [0.15, 0.2) is 0 Å². The molecule has 1 N–H and O–H groups in total. The minimum Gasteiger partial charge on any atom is -0.328 e. The number of para-hydroxylation sites is 2. The van der Waals surface area contributed by atoms with Gasteiger partial charge >= 0.3 is 6.18 Å². The fraction of sp³-hybridized carbons (Fsp3) is 0.533. The van der Waals surface area contributed by atoms with Gasteiger partial charge in [0.05, 0.1) is 17.5 Å². The smallest absolute Gasteiger partial charge is 0.328 e. The molecule has 6 heteroatoms. The van der Waals surface area contributed by atoms with Gasteiger partial charge in [-0.3, -0.25) is 0 Å². The summed E-state index contributed by atoms with van der Waals surface area (Å²) in [5.41, 5.74) is 1.82. The highest BCUT2D eigenvalue weighted by molar-refractivity contribution is 5.75. The molecule has 1 aromatic heterocycles. The lowest BCUT2D eigenvalue weighted by molar-refractivity contribution is -0.139. The van der Waals surface area contributed by atoms with Crippen LogP contribution in [0.25, 0.3) is 11.0 Å². The van der Waals surface area contributed by atoms with Crippen molar-refractivity contribution in [2.75, 3.05) is 7.05 Å². The van der Waals surface area contributed by atoms with Crippen LogP contribution in [0.1, 0.15) is 25.6 Å². The Morgan fingerprint density at radius 3 is 2.62 bits per heavy atom. The van der Waals surface area contributed by atoms with Crippen molar-refractivity contribution in [3.63, 3.8) is 0 Å². The molecule has 2 aromatic rings. The second kappa shape index (κ2) is 6.47. The molecule has 0 aliphatic heterocycles. The Hall–Kier alpha value is -1.56. The van der Waals surface area contributed by atoms with E-state index < -0.39 is 18.6 Å². The molecule has 0 aliphatic rings. The lowest BCUT2D eigenvalue weighted by atomic mass is 10.1. The molecule has 1 aromatic carbocycles. The molecule has 3 nitrogen and oxygen atoms in total. The molecule has 21 heavy (non-hydrogen) atoms. The van der Waals surface area contributed by atoms with E-state index in [0.717, 1.165) is 24.0 Å². The number of likely N-dealkylation sites (N-methyl/N-ethyl adjacent to an activating group) is 1. The summed E-state index contributed by atoms with van der Waals surface area (Å²) < 4.78 is 39.8. The van der Waals surface area contributed by atoms with Gasteiger partial charge in [-0.2, -0.15) is 13.2 Å². The number of hydrogen-bond acceptors (Lipinski definition) is 2. The van der Waals surface area contributed by atoms with Crippen molar-refractivity contribution in [2.24, 2.45) is 0 Å². The summed E-state index contributed by atoms with van der Waals surface area (Å²) in [6.45, 7) is 2.81. The van der Waals surface area contributed by atoms with Crippen molar-refractivity contribution >= 4 is 11.0 Å². The summed E-state index contributed by atoms with van der Waals surface area (Å²) in [5.74, 6) is 0.710. The van der Waals surface area contributed by atoms with Crippen LogP contribution in [0.4, 0.5) is 13.2 Å². The molecule has 0 radical (unpaired) electrons. The summed E-state index contributed by atoms with van der Waals surface area (Å²) in [6.07, 6.45) is -3.84. The number of halogens is 3. The van der Waals surface area contributed by atoms with Gasteiger partial charge in [-0.05, 0) is 25.6 Å². The number of hydrogen-bond donors (Lipinski definition) is 1. The normalized spacial score (nSPS) is 13.8. The first-order chi connectivity index (χ1) is 9.94. The topological polar surface area (TPSA) is 29.9 Å². The summed E-state index contributed by atoms with van der Waals surface area (Å²) in [7, 11) is 1.56. The maximum absolute atomic E-state index is 12.6. The zero-order valence-corrected chi connectivity index (χ0v) is 12.2. The molecule has 0 amide bonds. The van der Waals surface area contributed by atoms with E-state index in [1.54, 1.807) is 7.05 Å². The first-order valence-electron chi connectivity index (χ1n) is 7.12. The number of fused-ring (bicyclic) bond motifs is 1. The van der Waals surface area contributed by atoms with Crippen LogP contribution >= 0.6 is 0 Å². The van der Waals surface area contributed by atoms with Crippen LogP contribution in [0.3, 0.4) is 0 Å². The van der Waals surface area contributed by atoms with E-state index in [9.17, 15) is 13.2 Å². The third-order valence-corrected chi connectivity index (χ3v) is 3.50. The average Bonchev–Trinajstić information content (AvgIpc) is 2.75. The zero-order valence-electron chi connectivity index (χ0n) is 12.2. The maximum atomic E-state index is 12.6. The van der Waals surface area contributed by atoms with Gasteiger partial charge < -0.3 is 9.88 Å². The van der Waals surface area contributed by atoms with Crippen molar-refractivity contribution in [3.8, 4) is 0 Å². The quantitative estimate of drug-likeness (QED) is 0.884. The minimum absolute atomic E-state index is 0.269. The summed E-state index contributed by atoms with van der Waals surface area (Å²) >= 11 is 0. The van der Waals surface area contributed by atoms with Crippen molar-refractivity contribution in [1.82, 2.24) is 14.9 Å². The summed E-state index contributed by atoms with van der Waals surface area (Å²) in [4.78, 5) is 4.50. The van der Waals surface area contributed by atoms with Crippen LogP contribution in [0.5, 0.6) is 0 Å². The van der Waals surface area contributed by atoms with E-state index in [1.807, 2.05) is 35.8 Å². The van der Waals surface area contributed by atoms with Gasteiger partial charge in [-0.1, -0.05) is 19.1 Å². The lowest BCUT2D eigenvalue weighted by Gasteiger charge is -2.18. The molecular formula is C15H20F3N3. The maximum Gasteiger partial charge on any atom is 0.390 e.